The van der Waals surface area contributed by atoms with Crippen LogP contribution in [0.1, 0.15) is 6.42 Å². The third-order valence-corrected chi connectivity index (χ3v) is 4.85. The lowest BCUT2D eigenvalue weighted by Gasteiger charge is -2.31. The lowest BCUT2D eigenvalue weighted by Crippen LogP contribution is -2.56. The zero-order valence-electron chi connectivity index (χ0n) is 18.0. The molecule has 0 aromatic carbocycles. The van der Waals surface area contributed by atoms with Gasteiger partial charge in [0.15, 0.2) is 0 Å². The fourth-order valence-electron chi connectivity index (χ4n) is 1.74. The molecule has 3 atom stereocenters. The van der Waals surface area contributed by atoms with Crippen LogP contribution in [-0.2, 0) is 18.9 Å². The molecule has 25 heteroatoms. The molecular formula is C14H12F20O4Si. The van der Waals surface area contributed by atoms with Gasteiger partial charge in [-0.05, 0) is 12.0 Å². The maximum atomic E-state index is 13.4. The zero-order chi connectivity index (χ0) is 31.7. The molecule has 0 aliphatic carbocycles. The second kappa shape index (κ2) is 11.9. The Labute approximate surface area is 204 Å². The van der Waals surface area contributed by atoms with Gasteiger partial charge in [0, 0.05) is 10.2 Å². The van der Waals surface area contributed by atoms with Crippen LogP contribution in [0.5, 0.6) is 0 Å². The van der Waals surface area contributed by atoms with Crippen LogP contribution in [0.2, 0.25) is 5.54 Å². The van der Waals surface area contributed by atoms with Gasteiger partial charge < -0.3 is 9.47 Å². The lowest BCUT2D eigenvalue weighted by molar-refractivity contribution is -0.466. The fraction of sp³-hybridized carbons (Fsp3) is 1.00. The Morgan fingerprint density at radius 1 is 0.513 bits per heavy atom. The molecule has 0 aliphatic rings. The number of ether oxygens (including phenoxy) is 4. The van der Waals surface area contributed by atoms with Gasteiger partial charge >= 0.3 is 48.6 Å². The maximum Gasteiger partial charge on any atom is 0.462 e. The van der Waals surface area contributed by atoms with Gasteiger partial charge in [-0.3, -0.25) is 9.47 Å². The highest BCUT2D eigenvalue weighted by atomic mass is 28.1. The van der Waals surface area contributed by atoms with Gasteiger partial charge in [-0.2, -0.15) is 79.0 Å². The Balaban J connectivity index is 4.98. The summed E-state index contributed by atoms with van der Waals surface area (Å²) in [6.45, 7) is -3.21. The van der Waals surface area contributed by atoms with Crippen molar-refractivity contribution in [2.24, 2.45) is 0 Å². The van der Waals surface area contributed by atoms with Gasteiger partial charge in [-0.15, -0.1) is 0 Å². The van der Waals surface area contributed by atoms with Crippen molar-refractivity contribution in [3.8, 4) is 0 Å². The van der Waals surface area contributed by atoms with Crippen LogP contribution in [-0.4, -0.2) is 84.8 Å². The van der Waals surface area contributed by atoms with E-state index in [1.54, 1.807) is 0 Å². The van der Waals surface area contributed by atoms with E-state index in [0.717, 1.165) is 0 Å². The van der Waals surface area contributed by atoms with Gasteiger partial charge in [0.2, 0.25) is 0 Å². The summed E-state index contributed by atoms with van der Waals surface area (Å²) in [6, 6.07) is 0. The van der Waals surface area contributed by atoms with Crippen molar-refractivity contribution in [2.75, 3.05) is 13.2 Å². The Morgan fingerprint density at radius 2 is 0.821 bits per heavy atom. The summed E-state index contributed by atoms with van der Waals surface area (Å²) >= 11 is 0. The fourth-order valence-corrected chi connectivity index (χ4v) is 2.14. The third-order valence-electron chi connectivity index (χ3n) is 3.94. The Hall–Kier alpha value is -1.34. The molecule has 0 saturated carbocycles. The molecule has 39 heavy (non-hydrogen) atoms. The number of alkyl halides is 20. The number of hydrogen-bond acceptors (Lipinski definition) is 4. The van der Waals surface area contributed by atoms with E-state index in [4.69, 9.17) is 0 Å². The average Bonchev–Trinajstić information content (AvgIpc) is 2.69. The van der Waals surface area contributed by atoms with Crippen LogP contribution in [0.25, 0.3) is 0 Å². The highest BCUT2D eigenvalue weighted by molar-refractivity contribution is 6.11. The largest absolute Gasteiger partial charge is 0.462 e. The van der Waals surface area contributed by atoms with Crippen molar-refractivity contribution < 1.29 is 107 Å². The molecule has 4 nitrogen and oxygen atoms in total. The van der Waals surface area contributed by atoms with E-state index in [9.17, 15) is 87.8 Å². The first-order valence-electron chi connectivity index (χ1n) is 9.17. The van der Waals surface area contributed by atoms with Crippen molar-refractivity contribution in [3.63, 3.8) is 0 Å². The predicted octanol–water partition coefficient (Wildman–Crippen LogP) is 5.95. The molecule has 0 aromatic rings. The van der Waals surface area contributed by atoms with E-state index < -0.39 is 96.8 Å². The minimum atomic E-state index is -7.16. The van der Waals surface area contributed by atoms with Crippen molar-refractivity contribution in [1.82, 2.24) is 0 Å². The molecule has 0 fully saturated rings. The Bertz CT molecular complexity index is 783. The second-order valence-electron chi connectivity index (χ2n) is 7.22. The monoisotopic (exact) mass is 652 g/mol. The lowest BCUT2D eigenvalue weighted by atomic mass is 10.3. The molecule has 0 heterocycles. The molecular weight excluding hydrogens is 640 g/mol. The summed E-state index contributed by atoms with van der Waals surface area (Å²) in [7, 11) is -0.496. The summed E-state index contributed by atoms with van der Waals surface area (Å²) in [6.07, 6.45) is -50.3. The number of halogens is 20. The van der Waals surface area contributed by atoms with Crippen molar-refractivity contribution >= 4 is 10.2 Å². The maximum absolute atomic E-state index is 13.4. The normalized spacial score (nSPS) is 17.8. The van der Waals surface area contributed by atoms with Crippen LogP contribution in [0.4, 0.5) is 87.8 Å². The Morgan fingerprint density at radius 3 is 1.13 bits per heavy atom. The third kappa shape index (κ3) is 9.07. The smallest absolute Gasteiger partial charge is 0.316 e. The van der Waals surface area contributed by atoms with Gasteiger partial charge in [0.25, 0.3) is 12.7 Å². The molecule has 0 rings (SSSR count). The van der Waals surface area contributed by atoms with Gasteiger partial charge in [-0.1, -0.05) is 0 Å². The molecule has 0 spiro atoms. The molecule has 0 amide bonds. The van der Waals surface area contributed by atoms with Crippen LogP contribution >= 0.6 is 0 Å². The van der Waals surface area contributed by atoms with Crippen LogP contribution in [0, 0.1) is 0 Å². The number of rotatable bonds is 15. The van der Waals surface area contributed by atoms with E-state index in [1.807, 2.05) is 0 Å². The molecule has 0 bridgehead atoms. The first-order valence-corrected chi connectivity index (χ1v) is 10.3. The number of hydrogen-bond donors (Lipinski definition) is 0. The molecule has 0 N–H and O–H groups in total. The van der Waals surface area contributed by atoms with Crippen molar-refractivity contribution in [2.45, 2.75) is 73.3 Å². The minimum absolute atomic E-state index is 0.496. The van der Waals surface area contributed by atoms with E-state index in [2.05, 4.69) is 18.9 Å². The Kier molecular flexibility index (Phi) is 11.5. The van der Waals surface area contributed by atoms with E-state index in [1.165, 1.54) is 0 Å². The summed E-state index contributed by atoms with van der Waals surface area (Å²) in [5.74, 6) is -14.3. The van der Waals surface area contributed by atoms with E-state index >= 15 is 0 Å². The van der Waals surface area contributed by atoms with Gasteiger partial charge in [0.05, 0.1) is 13.2 Å². The van der Waals surface area contributed by atoms with Crippen LogP contribution in [0.15, 0.2) is 0 Å². The molecule has 3 unspecified atom stereocenters. The molecule has 0 radical (unpaired) electrons. The van der Waals surface area contributed by atoms with Gasteiger partial charge in [-0.25, -0.2) is 8.78 Å². The minimum Gasteiger partial charge on any atom is -0.316 e. The highest BCUT2D eigenvalue weighted by Gasteiger charge is 2.77. The molecule has 236 valence electrons. The van der Waals surface area contributed by atoms with Crippen LogP contribution < -0.4 is 0 Å². The summed E-state index contributed by atoms with van der Waals surface area (Å²) in [4.78, 5) is 0. The van der Waals surface area contributed by atoms with Crippen molar-refractivity contribution in [1.29, 1.82) is 0 Å². The first kappa shape index (κ1) is 37.7. The molecule has 0 aliphatic heterocycles. The summed E-state index contributed by atoms with van der Waals surface area (Å²) in [5, 5.41) is 0. The standard InChI is InChI=1S/C14H12F20O4Si/c15-5(37-13(31,32)9(21,22)11(25,26)27)7(17,18)35-2-1-4(39)3-36-8(19,20)6(16)38-14(33,34)10(23,24)12(28,29)30/h4-6H,1-3H2,39H3. The predicted molar refractivity (Wildman–Crippen MR) is 84.0 cm³/mol. The van der Waals surface area contributed by atoms with Crippen LogP contribution in [0.3, 0.4) is 0 Å². The van der Waals surface area contributed by atoms with Crippen molar-refractivity contribution in [3.05, 3.63) is 0 Å². The van der Waals surface area contributed by atoms with Gasteiger partial charge in [0.1, 0.15) is 0 Å². The SMILES string of the molecule is FC(OC(F)(F)C(F)(F)C(F)(F)F)C(F)(F)OCCC([SiH3])COC(F)(F)C(F)OC(F)(F)C(F)(F)C(F)(F)F. The zero-order valence-corrected chi connectivity index (χ0v) is 20.0. The summed E-state index contributed by atoms with van der Waals surface area (Å²) in [5.41, 5.74) is -1.52. The quantitative estimate of drug-likeness (QED) is 0.162. The molecule has 0 saturated heterocycles. The topological polar surface area (TPSA) is 36.9 Å². The van der Waals surface area contributed by atoms with E-state index in [0.29, 0.717) is 0 Å². The summed E-state index contributed by atoms with van der Waals surface area (Å²) < 4.78 is 264. The van der Waals surface area contributed by atoms with E-state index in [-0.39, 0.29) is 0 Å². The highest BCUT2D eigenvalue weighted by Crippen LogP contribution is 2.49. The average molecular weight is 652 g/mol. The molecule has 0 aromatic heterocycles. The first-order chi connectivity index (χ1) is 16.9. The second-order valence-corrected chi connectivity index (χ2v) is 8.86.